The monoisotopic (exact) mass is 399 g/mol. The van der Waals surface area contributed by atoms with E-state index in [1.54, 1.807) is 0 Å². The number of anilines is 2. The normalized spacial score (nSPS) is 20.8. The van der Waals surface area contributed by atoms with E-state index in [1.165, 1.54) is 43.2 Å². The number of unbranched alkanes of at least 4 members (excludes halogenated alkanes) is 1. The van der Waals surface area contributed by atoms with Crippen LogP contribution in [0.4, 0.5) is 11.4 Å². The predicted octanol–water partition coefficient (Wildman–Crippen LogP) is 3.56. The number of nitrogens with zero attached hydrogens (tertiary/aromatic N) is 2. The van der Waals surface area contributed by atoms with E-state index < -0.39 is 11.9 Å². The van der Waals surface area contributed by atoms with Gasteiger partial charge in [-0.2, -0.15) is 0 Å². The lowest BCUT2D eigenvalue weighted by Crippen LogP contribution is -2.56. The van der Waals surface area contributed by atoms with Crippen LogP contribution >= 0.6 is 0 Å². The highest BCUT2D eigenvalue weighted by Gasteiger charge is 2.41. The van der Waals surface area contributed by atoms with Gasteiger partial charge in [0, 0.05) is 43.2 Å². The number of carbonyl (C=O) groups excluding carboxylic acids is 3. The zero-order chi connectivity index (χ0) is 21.2. The summed E-state index contributed by atoms with van der Waals surface area (Å²) >= 11 is 0. The number of amides is 3. The molecule has 6 nitrogen and oxygen atoms in total. The Morgan fingerprint density at radius 1 is 1.28 bits per heavy atom. The third-order valence-corrected chi connectivity index (χ3v) is 6.53. The van der Waals surface area contributed by atoms with Gasteiger partial charge < -0.3 is 4.90 Å². The molecular formula is C23H33N3O3. The van der Waals surface area contributed by atoms with Gasteiger partial charge in [-0.3, -0.25) is 24.6 Å². The van der Waals surface area contributed by atoms with Crippen molar-refractivity contribution in [3.05, 3.63) is 23.8 Å². The first-order valence-electron chi connectivity index (χ1n) is 10.8. The van der Waals surface area contributed by atoms with E-state index in [1.807, 2.05) is 19.1 Å². The summed E-state index contributed by atoms with van der Waals surface area (Å²) < 4.78 is 0. The van der Waals surface area contributed by atoms with Gasteiger partial charge in [-0.25, -0.2) is 0 Å². The van der Waals surface area contributed by atoms with Crippen molar-refractivity contribution in [3.63, 3.8) is 0 Å². The topological polar surface area (TPSA) is 69.7 Å². The van der Waals surface area contributed by atoms with Gasteiger partial charge in [0.05, 0.1) is 0 Å². The van der Waals surface area contributed by atoms with E-state index in [9.17, 15) is 14.4 Å². The first-order chi connectivity index (χ1) is 13.8. The van der Waals surface area contributed by atoms with Crippen LogP contribution in [-0.2, 0) is 14.4 Å². The minimum Gasteiger partial charge on any atom is -0.370 e. The van der Waals surface area contributed by atoms with E-state index >= 15 is 0 Å². The van der Waals surface area contributed by atoms with Gasteiger partial charge >= 0.3 is 0 Å². The second kappa shape index (κ2) is 8.56. The molecule has 1 aromatic rings. The van der Waals surface area contributed by atoms with Crippen LogP contribution < -0.4 is 15.1 Å². The van der Waals surface area contributed by atoms with E-state index in [2.05, 4.69) is 30.1 Å². The molecule has 2 fully saturated rings. The number of piperidine rings is 1. The Morgan fingerprint density at radius 2 is 2.00 bits per heavy atom. The number of imide groups is 1. The van der Waals surface area contributed by atoms with Crippen LogP contribution in [0.5, 0.6) is 0 Å². The minimum atomic E-state index is -0.638. The molecule has 2 aliphatic heterocycles. The smallest absolute Gasteiger partial charge is 0.249 e. The molecule has 2 aliphatic rings. The molecule has 3 amide bonds. The van der Waals surface area contributed by atoms with Crippen molar-refractivity contribution < 1.29 is 14.4 Å². The summed E-state index contributed by atoms with van der Waals surface area (Å²) in [6.45, 7) is 10.1. The van der Waals surface area contributed by atoms with Gasteiger partial charge in [-0.05, 0) is 49.9 Å². The Hall–Kier alpha value is -2.37. The number of carbonyl (C=O) groups is 3. The predicted molar refractivity (Wildman–Crippen MR) is 115 cm³/mol. The zero-order valence-electron chi connectivity index (χ0n) is 18.1. The molecule has 2 heterocycles. The molecular weight excluding hydrogens is 366 g/mol. The molecule has 1 N–H and O–H groups in total. The van der Waals surface area contributed by atoms with Crippen molar-refractivity contribution in [1.82, 2.24) is 5.32 Å². The Balaban J connectivity index is 1.77. The van der Waals surface area contributed by atoms with Crippen molar-refractivity contribution in [1.29, 1.82) is 0 Å². The molecule has 158 valence electrons. The third-order valence-electron chi connectivity index (χ3n) is 6.53. The number of benzene rings is 1. The summed E-state index contributed by atoms with van der Waals surface area (Å²) in [6, 6.07) is 5.45. The van der Waals surface area contributed by atoms with Crippen LogP contribution in [0.3, 0.4) is 0 Å². The van der Waals surface area contributed by atoms with Crippen molar-refractivity contribution in [2.75, 3.05) is 22.9 Å². The van der Waals surface area contributed by atoms with E-state index in [0.717, 1.165) is 24.3 Å². The van der Waals surface area contributed by atoms with Crippen LogP contribution in [0.1, 0.15) is 64.9 Å². The lowest BCUT2D eigenvalue weighted by atomic mass is 9.73. The van der Waals surface area contributed by atoms with Crippen LogP contribution in [0.2, 0.25) is 0 Å². The molecule has 0 radical (unpaired) electrons. The van der Waals surface area contributed by atoms with Gasteiger partial charge in [0.2, 0.25) is 17.7 Å². The standard InChI is InChI=1S/C23H33N3O3/c1-5-7-12-23(6-2)14-25(15-23)18-8-9-19(16(3)13-18)26(17(4)27)20-10-11-21(28)24-22(20)29/h8-9,13,20H,5-7,10-12,14-15H2,1-4H3,(H,24,28,29). The molecule has 0 saturated carbocycles. The molecule has 0 bridgehead atoms. The van der Waals surface area contributed by atoms with Crippen molar-refractivity contribution in [2.24, 2.45) is 5.41 Å². The fourth-order valence-corrected chi connectivity index (χ4v) is 4.65. The first-order valence-corrected chi connectivity index (χ1v) is 10.8. The van der Waals surface area contributed by atoms with E-state index in [0.29, 0.717) is 11.8 Å². The Morgan fingerprint density at radius 3 is 2.55 bits per heavy atom. The molecule has 0 spiro atoms. The Labute approximate surface area is 173 Å². The van der Waals surface area contributed by atoms with Crippen LogP contribution in [0.15, 0.2) is 18.2 Å². The fourth-order valence-electron chi connectivity index (χ4n) is 4.65. The zero-order valence-corrected chi connectivity index (χ0v) is 18.1. The summed E-state index contributed by atoms with van der Waals surface area (Å²) in [5.74, 6) is -0.864. The first kappa shape index (κ1) is 21.3. The highest BCUT2D eigenvalue weighted by molar-refractivity contribution is 6.06. The number of hydrogen-bond donors (Lipinski definition) is 1. The highest BCUT2D eigenvalue weighted by atomic mass is 16.2. The molecule has 1 atom stereocenters. The van der Waals surface area contributed by atoms with Crippen molar-refractivity contribution in [2.45, 2.75) is 72.3 Å². The summed E-state index contributed by atoms with van der Waals surface area (Å²) in [4.78, 5) is 40.1. The number of nitrogens with one attached hydrogen (secondary N) is 1. The van der Waals surface area contributed by atoms with E-state index in [4.69, 9.17) is 0 Å². The van der Waals surface area contributed by atoms with Gasteiger partial charge in [0.25, 0.3) is 0 Å². The van der Waals surface area contributed by atoms with Crippen LogP contribution in [-0.4, -0.2) is 36.9 Å². The van der Waals surface area contributed by atoms with Gasteiger partial charge in [0.1, 0.15) is 6.04 Å². The average Bonchev–Trinajstić information content (AvgIpc) is 2.64. The third kappa shape index (κ3) is 4.31. The number of rotatable bonds is 7. The lowest BCUT2D eigenvalue weighted by Gasteiger charge is -2.52. The summed E-state index contributed by atoms with van der Waals surface area (Å²) in [7, 11) is 0. The molecule has 1 aromatic carbocycles. The number of aryl methyl sites for hydroxylation is 1. The minimum absolute atomic E-state index is 0.191. The molecule has 29 heavy (non-hydrogen) atoms. The maximum atomic E-state index is 12.4. The van der Waals surface area contributed by atoms with Gasteiger partial charge in [-0.15, -0.1) is 0 Å². The maximum absolute atomic E-state index is 12.4. The highest BCUT2D eigenvalue weighted by Crippen LogP contribution is 2.42. The van der Waals surface area contributed by atoms with Crippen molar-refractivity contribution >= 4 is 29.1 Å². The summed E-state index contributed by atoms with van der Waals surface area (Å²) in [5.41, 5.74) is 3.30. The largest absolute Gasteiger partial charge is 0.370 e. The molecule has 6 heteroatoms. The quantitative estimate of drug-likeness (QED) is 0.712. The Bertz CT molecular complexity index is 799. The lowest BCUT2D eigenvalue weighted by molar-refractivity contribution is -0.135. The average molecular weight is 400 g/mol. The SMILES string of the molecule is CCCCC1(CC)CN(c2ccc(N(C(C)=O)C3CCC(=O)NC3=O)c(C)c2)C1. The molecule has 0 aromatic heterocycles. The maximum Gasteiger partial charge on any atom is 0.249 e. The number of hydrogen-bond acceptors (Lipinski definition) is 4. The molecule has 1 unspecified atom stereocenters. The molecule has 3 rings (SSSR count). The fraction of sp³-hybridized carbons (Fsp3) is 0.609. The summed E-state index contributed by atoms with van der Waals surface area (Å²) in [6.07, 6.45) is 5.60. The van der Waals surface area contributed by atoms with Gasteiger partial charge in [-0.1, -0.05) is 26.7 Å². The second-order valence-electron chi connectivity index (χ2n) is 8.64. The van der Waals surface area contributed by atoms with Gasteiger partial charge in [0.15, 0.2) is 0 Å². The Kier molecular flexibility index (Phi) is 6.30. The molecule has 0 aliphatic carbocycles. The molecule has 2 saturated heterocycles. The summed E-state index contributed by atoms with van der Waals surface area (Å²) in [5, 5.41) is 2.35. The van der Waals surface area contributed by atoms with Crippen molar-refractivity contribution in [3.8, 4) is 0 Å². The van der Waals surface area contributed by atoms with Crippen LogP contribution in [0, 0.1) is 12.3 Å². The second-order valence-corrected chi connectivity index (χ2v) is 8.64. The van der Waals surface area contributed by atoms with Crippen LogP contribution in [0.25, 0.3) is 0 Å². The van der Waals surface area contributed by atoms with E-state index in [-0.39, 0.29) is 18.2 Å².